The third-order valence-corrected chi connectivity index (χ3v) is 1.70. The van der Waals surface area contributed by atoms with Gasteiger partial charge in [0, 0.05) is 19.5 Å². The number of anilines is 1. The summed E-state index contributed by atoms with van der Waals surface area (Å²) in [7, 11) is 0. The molecule has 1 heterocycles. The number of carbonyl (C=O) groups is 1. The number of ether oxygens (including phenoxy) is 2. The monoisotopic (exact) mass is 225 g/mol. The van der Waals surface area contributed by atoms with Gasteiger partial charge in [-0.25, -0.2) is 9.97 Å². The van der Waals surface area contributed by atoms with Crippen LogP contribution in [0.25, 0.3) is 0 Å². The third-order valence-electron chi connectivity index (χ3n) is 1.70. The highest BCUT2D eigenvalue weighted by atomic mass is 16.5. The molecule has 0 amide bonds. The first-order chi connectivity index (χ1) is 7.68. The summed E-state index contributed by atoms with van der Waals surface area (Å²) in [5.41, 5.74) is 5.48. The van der Waals surface area contributed by atoms with Crippen molar-refractivity contribution in [1.29, 1.82) is 0 Å². The normalized spacial score (nSPS) is 10.1. The van der Waals surface area contributed by atoms with Crippen LogP contribution in [-0.2, 0) is 20.9 Å². The number of nitrogen functional groups attached to an aromatic ring is 1. The molecule has 0 aliphatic carbocycles. The van der Waals surface area contributed by atoms with E-state index in [9.17, 15) is 4.79 Å². The van der Waals surface area contributed by atoms with Gasteiger partial charge in [-0.05, 0) is 6.07 Å². The summed E-state index contributed by atoms with van der Waals surface area (Å²) in [6.07, 6.45) is 2.24. The first-order valence-electron chi connectivity index (χ1n) is 4.97. The molecule has 16 heavy (non-hydrogen) atoms. The van der Waals surface area contributed by atoms with Crippen molar-refractivity contribution >= 4 is 11.8 Å². The first-order valence-corrected chi connectivity index (χ1v) is 4.97. The Bertz CT molecular complexity index is 344. The predicted molar refractivity (Wildman–Crippen MR) is 57.4 cm³/mol. The van der Waals surface area contributed by atoms with Crippen LogP contribution >= 0.6 is 0 Å². The predicted octanol–water partition coefficient (Wildman–Crippen LogP) is 0.529. The molecular formula is C10H15N3O3. The van der Waals surface area contributed by atoms with E-state index in [1.807, 2.05) is 0 Å². The summed E-state index contributed by atoms with van der Waals surface area (Å²) < 4.78 is 10.0. The Kier molecular flexibility index (Phi) is 5.21. The van der Waals surface area contributed by atoms with Crippen LogP contribution in [0.2, 0.25) is 0 Å². The van der Waals surface area contributed by atoms with Crippen LogP contribution in [0.4, 0.5) is 5.82 Å². The average molecular weight is 225 g/mol. The molecule has 88 valence electrons. The Morgan fingerprint density at radius 2 is 2.31 bits per heavy atom. The van der Waals surface area contributed by atoms with E-state index in [4.69, 9.17) is 15.2 Å². The molecule has 0 aliphatic rings. The number of hydrogen-bond acceptors (Lipinski definition) is 6. The highest BCUT2D eigenvalue weighted by Gasteiger charge is 1.98. The van der Waals surface area contributed by atoms with E-state index < -0.39 is 0 Å². The number of hydrogen-bond donors (Lipinski definition) is 1. The lowest BCUT2D eigenvalue weighted by Gasteiger charge is -2.04. The fourth-order valence-electron chi connectivity index (χ4n) is 1.02. The second-order valence-electron chi connectivity index (χ2n) is 3.14. The third kappa shape index (κ3) is 5.26. The largest absolute Gasteiger partial charge is 0.466 e. The van der Waals surface area contributed by atoms with E-state index >= 15 is 0 Å². The molecule has 1 aromatic rings. The van der Waals surface area contributed by atoms with Crippen LogP contribution in [0.1, 0.15) is 19.2 Å². The van der Waals surface area contributed by atoms with E-state index in [-0.39, 0.29) is 5.97 Å². The maximum Gasteiger partial charge on any atom is 0.302 e. The number of rotatable bonds is 6. The minimum atomic E-state index is -0.279. The number of carbonyl (C=O) groups excluding carboxylic acids is 1. The van der Waals surface area contributed by atoms with Crippen molar-refractivity contribution in [2.75, 3.05) is 18.9 Å². The fourth-order valence-corrected chi connectivity index (χ4v) is 1.02. The van der Waals surface area contributed by atoms with Crippen LogP contribution in [0.5, 0.6) is 0 Å². The Balaban J connectivity index is 2.09. The van der Waals surface area contributed by atoms with Gasteiger partial charge in [-0.3, -0.25) is 4.79 Å². The summed E-state index contributed by atoms with van der Waals surface area (Å²) in [5.74, 6) is 0.695. The molecular weight excluding hydrogens is 210 g/mol. The van der Waals surface area contributed by atoms with Gasteiger partial charge < -0.3 is 15.2 Å². The molecule has 1 rings (SSSR count). The molecule has 0 aliphatic heterocycles. The van der Waals surface area contributed by atoms with Crippen molar-refractivity contribution < 1.29 is 14.3 Å². The van der Waals surface area contributed by atoms with E-state index in [1.165, 1.54) is 6.92 Å². The standard InChI is InChI=1S/C10H15N3O3/c1-8(14)16-6-2-5-15-7-10-12-4-3-9(11)13-10/h3-4H,2,5-7H2,1H3,(H2,11,12,13). The average Bonchev–Trinajstić information content (AvgIpc) is 2.23. The lowest BCUT2D eigenvalue weighted by Crippen LogP contribution is -2.06. The van der Waals surface area contributed by atoms with E-state index in [1.54, 1.807) is 12.3 Å². The van der Waals surface area contributed by atoms with E-state index in [0.717, 1.165) is 0 Å². The smallest absolute Gasteiger partial charge is 0.302 e. The Hall–Kier alpha value is -1.69. The van der Waals surface area contributed by atoms with Gasteiger partial charge in [-0.1, -0.05) is 0 Å². The van der Waals surface area contributed by atoms with Gasteiger partial charge in [0.15, 0.2) is 5.82 Å². The molecule has 0 bridgehead atoms. The van der Waals surface area contributed by atoms with Gasteiger partial charge >= 0.3 is 5.97 Å². The minimum absolute atomic E-state index is 0.279. The van der Waals surface area contributed by atoms with Crippen LogP contribution < -0.4 is 5.73 Å². The van der Waals surface area contributed by atoms with Gasteiger partial charge in [-0.15, -0.1) is 0 Å². The maximum absolute atomic E-state index is 10.4. The first kappa shape index (κ1) is 12.4. The van der Waals surface area contributed by atoms with Gasteiger partial charge in [0.25, 0.3) is 0 Å². The minimum Gasteiger partial charge on any atom is -0.466 e. The van der Waals surface area contributed by atoms with Crippen molar-refractivity contribution in [3.8, 4) is 0 Å². The molecule has 2 N–H and O–H groups in total. The zero-order valence-electron chi connectivity index (χ0n) is 9.18. The van der Waals surface area contributed by atoms with Crippen molar-refractivity contribution in [1.82, 2.24) is 9.97 Å². The molecule has 0 unspecified atom stereocenters. The summed E-state index contributed by atoms with van der Waals surface area (Å²) in [5, 5.41) is 0. The fraction of sp³-hybridized carbons (Fsp3) is 0.500. The molecule has 1 aromatic heterocycles. The summed E-state index contributed by atoms with van der Waals surface area (Å²) in [6, 6.07) is 1.62. The number of nitrogens with zero attached hydrogens (tertiary/aromatic N) is 2. The summed E-state index contributed by atoms with van der Waals surface area (Å²) in [4.78, 5) is 18.4. The van der Waals surface area contributed by atoms with Gasteiger partial charge in [0.05, 0.1) is 13.2 Å². The number of nitrogens with two attached hydrogens (primary N) is 1. The number of aromatic nitrogens is 2. The Morgan fingerprint density at radius 1 is 1.50 bits per heavy atom. The Morgan fingerprint density at radius 3 is 3.00 bits per heavy atom. The van der Waals surface area contributed by atoms with Gasteiger partial charge in [0.1, 0.15) is 12.4 Å². The van der Waals surface area contributed by atoms with Crippen LogP contribution in [-0.4, -0.2) is 29.2 Å². The van der Waals surface area contributed by atoms with E-state index in [0.29, 0.717) is 37.9 Å². The van der Waals surface area contributed by atoms with E-state index in [2.05, 4.69) is 9.97 Å². The highest BCUT2D eigenvalue weighted by Crippen LogP contribution is 1.98. The lowest BCUT2D eigenvalue weighted by molar-refractivity contribution is -0.141. The summed E-state index contributed by atoms with van der Waals surface area (Å²) >= 11 is 0. The SMILES string of the molecule is CC(=O)OCCCOCc1nccc(N)n1. The molecule has 6 heteroatoms. The maximum atomic E-state index is 10.4. The second-order valence-corrected chi connectivity index (χ2v) is 3.14. The van der Waals surface area contributed by atoms with Crippen LogP contribution in [0.3, 0.4) is 0 Å². The molecule has 0 spiro atoms. The Labute approximate surface area is 93.8 Å². The van der Waals surface area contributed by atoms with Crippen molar-refractivity contribution in [3.05, 3.63) is 18.1 Å². The van der Waals surface area contributed by atoms with Gasteiger partial charge in [-0.2, -0.15) is 0 Å². The van der Waals surface area contributed by atoms with Crippen LogP contribution in [0.15, 0.2) is 12.3 Å². The van der Waals surface area contributed by atoms with Crippen LogP contribution in [0, 0.1) is 0 Å². The lowest BCUT2D eigenvalue weighted by atomic mass is 10.5. The molecule has 6 nitrogen and oxygen atoms in total. The highest BCUT2D eigenvalue weighted by molar-refractivity contribution is 5.65. The molecule has 0 fully saturated rings. The molecule has 0 atom stereocenters. The molecule has 0 radical (unpaired) electrons. The topological polar surface area (TPSA) is 87.3 Å². The van der Waals surface area contributed by atoms with Gasteiger partial charge in [0.2, 0.25) is 0 Å². The van der Waals surface area contributed by atoms with Crippen molar-refractivity contribution in [3.63, 3.8) is 0 Å². The quantitative estimate of drug-likeness (QED) is 0.561. The van der Waals surface area contributed by atoms with Crippen molar-refractivity contribution in [2.24, 2.45) is 0 Å². The summed E-state index contributed by atoms with van der Waals surface area (Å²) in [6.45, 7) is 2.55. The second kappa shape index (κ2) is 6.73. The molecule has 0 saturated carbocycles. The number of esters is 1. The zero-order chi connectivity index (χ0) is 11.8. The zero-order valence-corrected chi connectivity index (χ0v) is 9.18. The van der Waals surface area contributed by atoms with Crippen molar-refractivity contribution in [2.45, 2.75) is 20.0 Å². The molecule has 0 aromatic carbocycles. The molecule has 0 saturated heterocycles.